The Morgan fingerprint density at radius 3 is 2.53 bits per heavy atom. The van der Waals surface area contributed by atoms with Gasteiger partial charge in [0.05, 0.1) is 12.6 Å². The van der Waals surface area contributed by atoms with Crippen molar-refractivity contribution in [2.24, 2.45) is 0 Å². The van der Waals surface area contributed by atoms with Crippen LogP contribution in [-0.2, 0) is 0 Å². The van der Waals surface area contributed by atoms with E-state index < -0.39 is 0 Å². The standard InChI is InChI=1S/C13H26N2/c1-4-11-15(6-3)13-10-8-7-9-12(13)14-5-2/h7-8,12-14H,4-6,9-11H2,1-3H3/p+1/t12?,13-/m1/s1. The van der Waals surface area contributed by atoms with Crippen LogP contribution in [0.1, 0.15) is 40.0 Å². The van der Waals surface area contributed by atoms with Crippen molar-refractivity contribution in [1.29, 1.82) is 0 Å². The predicted molar refractivity (Wildman–Crippen MR) is 66.0 cm³/mol. The summed E-state index contributed by atoms with van der Waals surface area (Å²) in [5.41, 5.74) is 0. The molecule has 0 aliphatic heterocycles. The van der Waals surface area contributed by atoms with Crippen LogP contribution in [-0.4, -0.2) is 36.6 Å². The SMILES string of the molecule is CCCN(CC)[C@@H]1CC=CCC1[NH2+]CC. The van der Waals surface area contributed by atoms with Gasteiger partial charge in [0.25, 0.3) is 0 Å². The molecule has 2 nitrogen and oxygen atoms in total. The minimum Gasteiger partial charge on any atom is -0.342 e. The van der Waals surface area contributed by atoms with E-state index in [4.69, 9.17) is 0 Å². The third-order valence-corrected chi connectivity index (χ3v) is 3.37. The molecular weight excluding hydrogens is 184 g/mol. The second kappa shape index (κ2) is 7.02. The molecule has 0 radical (unpaired) electrons. The van der Waals surface area contributed by atoms with Gasteiger partial charge in [0.1, 0.15) is 6.04 Å². The van der Waals surface area contributed by atoms with Crippen molar-refractivity contribution in [1.82, 2.24) is 4.90 Å². The third-order valence-electron chi connectivity index (χ3n) is 3.37. The van der Waals surface area contributed by atoms with Crippen LogP contribution < -0.4 is 5.32 Å². The Morgan fingerprint density at radius 2 is 1.93 bits per heavy atom. The van der Waals surface area contributed by atoms with Gasteiger partial charge in [-0.3, -0.25) is 4.90 Å². The topological polar surface area (TPSA) is 19.9 Å². The van der Waals surface area contributed by atoms with E-state index >= 15 is 0 Å². The zero-order valence-electron chi connectivity index (χ0n) is 10.6. The molecule has 0 bridgehead atoms. The Hall–Kier alpha value is -0.340. The fraction of sp³-hybridized carbons (Fsp3) is 0.846. The first-order chi connectivity index (χ1) is 7.33. The molecule has 2 heteroatoms. The van der Waals surface area contributed by atoms with Crippen LogP contribution in [0.2, 0.25) is 0 Å². The number of nitrogens with two attached hydrogens (primary N) is 1. The van der Waals surface area contributed by atoms with E-state index in [1.807, 2.05) is 0 Å². The van der Waals surface area contributed by atoms with Gasteiger partial charge in [-0.2, -0.15) is 0 Å². The summed E-state index contributed by atoms with van der Waals surface area (Å²) in [5, 5.41) is 2.51. The van der Waals surface area contributed by atoms with Crippen LogP contribution in [0.4, 0.5) is 0 Å². The fourth-order valence-corrected chi connectivity index (χ4v) is 2.64. The molecule has 15 heavy (non-hydrogen) atoms. The van der Waals surface area contributed by atoms with Crippen molar-refractivity contribution < 1.29 is 5.32 Å². The Morgan fingerprint density at radius 1 is 1.20 bits per heavy atom. The van der Waals surface area contributed by atoms with E-state index in [2.05, 4.69) is 43.1 Å². The average molecular weight is 211 g/mol. The Bertz CT molecular complexity index is 189. The molecule has 2 N–H and O–H groups in total. The van der Waals surface area contributed by atoms with Crippen LogP contribution in [0, 0.1) is 0 Å². The number of rotatable bonds is 6. The van der Waals surface area contributed by atoms with E-state index in [-0.39, 0.29) is 0 Å². The molecule has 0 aromatic carbocycles. The average Bonchev–Trinajstić information content (AvgIpc) is 2.27. The molecule has 1 aliphatic rings. The molecule has 0 fully saturated rings. The second-order valence-electron chi connectivity index (χ2n) is 4.45. The predicted octanol–water partition coefficient (Wildman–Crippen LogP) is 1.39. The van der Waals surface area contributed by atoms with Gasteiger partial charge in [-0.1, -0.05) is 26.0 Å². The summed E-state index contributed by atoms with van der Waals surface area (Å²) in [5.74, 6) is 0. The van der Waals surface area contributed by atoms with Crippen molar-refractivity contribution in [2.75, 3.05) is 19.6 Å². The summed E-state index contributed by atoms with van der Waals surface area (Å²) in [7, 11) is 0. The molecule has 0 heterocycles. The maximum atomic E-state index is 2.65. The van der Waals surface area contributed by atoms with Gasteiger partial charge in [-0.15, -0.1) is 0 Å². The highest BCUT2D eigenvalue weighted by atomic mass is 15.2. The highest BCUT2D eigenvalue weighted by Gasteiger charge is 2.28. The maximum absolute atomic E-state index is 2.65. The molecule has 2 atom stereocenters. The number of hydrogen-bond donors (Lipinski definition) is 1. The van der Waals surface area contributed by atoms with Gasteiger partial charge in [-0.25, -0.2) is 0 Å². The van der Waals surface area contributed by atoms with E-state index in [1.54, 1.807) is 0 Å². The number of hydrogen-bond acceptors (Lipinski definition) is 1. The van der Waals surface area contributed by atoms with E-state index in [0.717, 1.165) is 12.1 Å². The largest absolute Gasteiger partial charge is 0.342 e. The van der Waals surface area contributed by atoms with Crippen LogP contribution in [0.3, 0.4) is 0 Å². The number of nitrogens with zero attached hydrogens (tertiary/aromatic N) is 1. The van der Waals surface area contributed by atoms with E-state index in [1.165, 1.54) is 38.9 Å². The zero-order valence-corrected chi connectivity index (χ0v) is 10.6. The first kappa shape index (κ1) is 12.7. The van der Waals surface area contributed by atoms with Crippen molar-refractivity contribution >= 4 is 0 Å². The highest BCUT2D eigenvalue weighted by molar-refractivity contribution is 4.98. The minimum absolute atomic E-state index is 0.764. The smallest absolute Gasteiger partial charge is 0.105 e. The van der Waals surface area contributed by atoms with Gasteiger partial charge < -0.3 is 5.32 Å². The summed E-state index contributed by atoms with van der Waals surface area (Å²) in [4.78, 5) is 2.65. The molecule has 1 rings (SSSR count). The number of quaternary nitrogens is 1. The maximum Gasteiger partial charge on any atom is 0.105 e. The van der Waals surface area contributed by atoms with Crippen molar-refractivity contribution in [3.8, 4) is 0 Å². The molecule has 0 aromatic heterocycles. The molecule has 88 valence electrons. The molecule has 0 aromatic rings. The number of likely N-dealkylation sites (N-methyl/N-ethyl adjacent to an activating group) is 2. The van der Waals surface area contributed by atoms with E-state index in [9.17, 15) is 0 Å². The summed E-state index contributed by atoms with van der Waals surface area (Å²) in [6.07, 6.45) is 8.48. The zero-order chi connectivity index (χ0) is 11.1. The van der Waals surface area contributed by atoms with Gasteiger partial charge in [0.2, 0.25) is 0 Å². The lowest BCUT2D eigenvalue weighted by Gasteiger charge is -2.35. The van der Waals surface area contributed by atoms with Crippen LogP contribution in [0.15, 0.2) is 12.2 Å². The summed E-state index contributed by atoms with van der Waals surface area (Å²) in [6, 6.07) is 1.55. The lowest BCUT2D eigenvalue weighted by Crippen LogP contribution is -2.93. The summed E-state index contributed by atoms with van der Waals surface area (Å²) in [6.45, 7) is 10.5. The van der Waals surface area contributed by atoms with Gasteiger partial charge in [-0.05, 0) is 32.9 Å². The monoisotopic (exact) mass is 211 g/mol. The van der Waals surface area contributed by atoms with Gasteiger partial charge >= 0.3 is 0 Å². The summed E-state index contributed by atoms with van der Waals surface area (Å²) >= 11 is 0. The Kier molecular flexibility index (Phi) is 5.96. The van der Waals surface area contributed by atoms with Crippen molar-refractivity contribution in [2.45, 2.75) is 52.1 Å². The van der Waals surface area contributed by atoms with Crippen molar-refractivity contribution in [3.05, 3.63) is 12.2 Å². The Labute approximate surface area is 94.7 Å². The molecule has 0 saturated heterocycles. The molecule has 0 amide bonds. The minimum atomic E-state index is 0.764. The first-order valence-electron chi connectivity index (χ1n) is 6.55. The second-order valence-corrected chi connectivity index (χ2v) is 4.45. The molecule has 1 aliphatic carbocycles. The highest BCUT2D eigenvalue weighted by Crippen LogP contribution is 2.16. The van der Waals surface area contributed by atoms with Crippen LogP contribution in [0.25, 0.3) is 0 Å². The van der Waals surface area contributed by atoms with Crippen molar-refractivity contribution in [3.63, 3.8) is 0 Å². The normalized spacial score (nSPS) is 26.1. The molecule has 0 saturated carbocycles. The van der Waals surface area contributed by atoms with E-state index in [0.29, 0.717) is 0 Å². The first-order valence-corrected chi connectivity index (χ1v) is 6.55. The Balaban J connectivity index is 2.57. The lowest BCUT2D eigenvalue weighted by molar-refractivity contribution is -0.691. The van der Waals surface area contributed by atoms with Gasteiger partial charge in [0, 0.05) is 6.42 Å². The lowest BCUT2D eigenvalue weighted by atomic mass is 9.94. The quantitative estimate of drug-likeness (QED) is 0.658. The fourth-order valence-electron chi connectivity index (χ4n) is 2.64. The molecular formula is C13H27N2+. The molecule has 1 unspecified atom stereocenters. The van der Waals surface area contributed by atoms with Crippen LogP contribution >= 0.6 is 0 Å². The summed E-state index contributed by atoms with van der Waals surface area (Å²) < 4.78 is 0. The molecule has 0 spiro atoms. The third kappa shape index (κ3) is 3.62. The van der Waals surface area contributed by atoms with Crippen LogP contribution in [0.5, 0.6) is 0 Å². The van der Waals surface area contributed by atoms with Gasteiger partial charge in [0.15, 0.2) is 0 Å².